The van der Waals surface area contributed by atoms with Crippen molar-refractivity contribution < 1.29 is 0 Å². The van der Waals surface area contributed by atoms with E-state index < -0.39 is 0 Å². The van der Waals surface area contributed by atoms with Gasteiger partial charge in [-0.15, -0.1) is 5.10 Å². The molecular formula is C17H23N5. The summed E-state index contributed by atoms with van der Waals surface area (Å²) >= 11 is 0. The summed E-state index contributed by atoms with van der Waals surface area (Å²) in [6.45, 7) is 7.16. The molecule has 0 radical (unpaired) electrons. The molecule has 2 heterocycles. The van der Waals surface area contributed by atoms with Crippen molar-refractivity contribution in [1.29, 1.82) is 0 Å². The van der Waals surface area contributed by atoms with Crippen LogP contribution in [0.15, 0.2) is 30.5 Å². The third-order valence-electron chi connectivity index (χ3n) is 4.04. The Balaban J connectivity index is 1.66. The Morgan fingerprint density at radius 2 is 2.27 bits per heavy atom. The lowest BCUT2D eigenvalue weighted by Gasteiger charge is -2.30. The lowest BCUT2D eigenvalue weighted by molar-refractivity contribution is 0.441. The monoisotopic (exact) mass is 297 g/mol. The van der Waals surface area contributed by atoms with E-state index in [2.05, 4.69) is 63.5 Å². The quantitative estimate of drug-likeness (QED) is 0.940. The molecule has 0 amide bonds. The topological polar surface area (TPSA) is 53.9 Å². The highest BCUT2D eigenvalue weighted by Crippen LogP contribution is 2.20. The molecule has 0 bridgehead atoms. The molecule has 1 aliphatic heterocycles. The van der Waals surface area contributed by atoms with Crippen molar-refractivity contribution in [2.75, 3.05) is 23.3 Å². The van der Waals surface area contributed by atoms with Crippen LogP contribution in [0.1, 0.15) is 30.9 Å². The highest BCUT2D eigenvalue weighted by molar-refractivity contribution is 5.40. The van der Waals surface area contributed by atoms with Crippen molar-refractivity contribution in [3.05, 3.63) is 41.6 Å². The first kappa shape index (κ1) is 14.8. The van der Waals surface area contributed by atoms with E-state index in [-0.39, 0.29) is 0 Å². The van der Waals surface area contributed by atoms with Gasteiger partial charge in [0.15, 0.2) is 5.82 Å². The summed E-state index contributed by atoms with van der Waals surface area (Å²) in [7, 11) is 0. The Hall–Kier alpha value is -2.17. The minimum absolute atomic E-state index is 0.696. The third kappa shape index (κ3) is 3.72. The number of nitrogens with zero attached hydrogens (tertiary/aromatic N) is 4. The maximum absolute atomic E-state index is 4.61. The summed E-state index contributed by atoms with van der Waals surface area (Å²) < 4.78 is 0. The van der Waals surface area contributed by atoms with Crippen LogP contribution >= 0.6 is 0 Å². The van der Waals surface area contributed by atoms with E-state index in [0.29, 0.717) is 5.92 Å². The van der Waals surface area contributed by atoms with Crippen LogP contribution in [0.5, 0.6) is 0 Å². The number of rotatable bonds is 4. The Bertz CT molecular complexity index is 628. The van der Waals surface area contributed by atoms with Gasteiger partial charge in [-0.25, -0.2) is 0 Å². The minimum atomic E-state index is 0.696. The molecule has 22 heavy (non-hydrogen) atoms. The smallest absolute Gasteiger partial charge is 0.247 e. The van der Waals surface area contributed by atoms with E-state index in [0.717, 1.165) is 31.4 Å². The number of nitrogens with one attached hydrogen (secondary N) is 1. The number of hydrogen-bond donors (Lipinski definition) is 1. The van der Waals surface area contributed by atoms with Gasteiger partial charge >= 0.3 is 0 Å². The highest BCUT2D eigenvalue weighted by Gasteiger charge is 2.19. The second-order valence-corrected chi connectivity index (χ2v) is 6.18. The van der Waals surface area contributed by atoms with Crippen molar-refractivity contribution >= 4 is 11.8 Å². The molecule has 0 aliphatic carbocycles. The Morgan fingerprint density at radius 1 is 1.36 bits per heavy atom. The molecule has 1 fully saturated rings. The predicted molar refractivity (Wildman–Crippen MR) is 88.9 cm³/mol. The molecule has 0 saturated carbocycles. The van der Waals surface area contributed by atoms with E-state index in [9.17, 15) is 0 Å². The molecule has 1 aromatic carbocycles. The molecule has 1 saturated heterocycles. The number of anilines is 2. The van der Waals surface area contributed by atoms with Crippen molar-refractivity contribution in [3.63, 3.8) is 0 Å². The second kappa shape index (κ2) is 6.73. The number of aromatic nitrogens is 3. The van der Waals surface area contributed by atoms with Gasteiger partial charge in [0.2, 0.25) is 5.95 Å². The average Bonchev–Trinajstić information content (AvgIpc) is 2.53. The predicted octanol–water partition coefficient (Wildman–Crippen LogP) is 3.03. The van der Waals surface area contributed by atoms with Crippen LogP contribution in [0.25, 0.3) is 0 Å². The molecule has 0 spiro atoms. The second-order valence-electron chi connectivity index (χ2n) is 6.18. The van der Waals surface area contributed by atoms with Gasteiger partial charge in [0, 0.05) is 19.6 Å². The van der Waals surface area contributed by atoms with Crippen molar-refractivity contribution in [2.45, 2.75) is 33.2 Å². The summed E-state index contributed by atoms with van der Waals surface area (Å²) in [5.41, 5.74) is 2.51. The summed E-state index contributed by atoms with van der Waals surface area (Å²) in [6, 6.07) is 8.47. The molecule has 1 unspecified atom stereocenters. The van der Waals surface area contributed by atoms with Crippen LogP contribution in [0.2, 0.25) is 0 Å². The molecular weight excluding hydrogens is 274 g/mol. The van der Waals surface area contributed by atoms with Crippen LogP contribution in [0.3, 0.4) is 0 Å². The third-order valence-corrected chi connectivity index (χ3v) is 4.04. The van der Waals surface area contributed by atoms with Crippen LogP contribution in [0.4, 0.5) is 11.8 Å². The average molecular weight is 297 g/mol. The maximum atomic E-state index is 4.61. The minimum Gasteiger partial charge on any atom is -0.365 e. The van der Waals surface area contributed by atoms with E-state index in [4.69, 9.17) is 0 Å². The standard InChI is InChI=1S/C17H23N5/c1-13-5-3-7-15(9-13)10-18-16-11-19-21-17(20-16)22-8-4-6-14(2)12-22/h3,5,7,9,11,14H,4,6,8,10,12H2,1-2H3,(H,18,20,21). The van der Waals surface area contributed by atoms with Gasteiger partial charge < -0.3 is 10.2 Å². The molecule has 5 nitrogen and oxygen atoms in total. The van der Waals surface area contributed by atoms with Gasteiger partial charge in [-0.2, -0.15) is 10.1 Å². The van der Waals surface area contributed by atoms with Crippen LogP contribution in [0, 0.1) is 12.8 Å². The first-order valence-electron chi connectivity index (χ1n) is 7.95. The van der Waals surface area contributed by atoms with Gasteiger partial charge in [-0.1, -0.05) is 36.8 Å². The fraction of sp³-hybridized carbons (Fsp3) is 0.471. The van der Waals surface area contributed by atoms with Gasteiger partial charge in [0.1, 0.15) is 0 Å². The Morgan fingerprint density at radius 3 is 3.09 bits per heavy atom. The van der Waals surface area contributed by atoms with E-state index in [1.54, 1.807) is 6.20 Å². The lowest BCUT2D eigenvalue weighted by atomic mass is 10.0. The fourth-order valence-corrected chi connectivity index (χ4v) is 2.90. The Kier molecular flexibility index (Phi) is 4.51. The summed E-state index contributed by atoms with van der Waals surface area (Å²) in [6.07, 6.45) is 4.17. The Labute approximate surface area is 131 Å². The van der Waals surface area contributed by atoms with Crippen LogP contribution in [-0.2, 0) is 6.54 Å². The van der Waals surface area contributed by atoms with Gasteiger partial charge in [-0.05, 0) is 31.2 Å². The number of aryl methyl sites for hydroxylation is 1. The molecule has 2 aromatic rings. The SMILES string of the molecule is Cc1cccc(CNc2cnnc(N3CCCC(C)C3)n2)c1. The molecule has 5 heteroatoms. The normalized spacial score (nSPS) is 18.3. The first-order valence-corrected chi connectivity index (χ1v) is 7.95. The molecule has 1 aromatic heterocycles. The van der Waals surface area contributed by atoms with E-state index in [1.807, 2.05) is 0 Å². The van der Waals surface area contributed by atoms with Gasteiger partial charge in [0.05, 0.1) is 6.20 Å². The molecule has 1 N–H and O–H groups in total. The summed E-state index contributed by atoms with van der Waals surface area (Å²) in [4.78, 5) is 6.84. The van der Waals surface area contributed by atoms with Crippen molar-refractivity contribution in [3.8, 4) is 0 Å². The number of hydrogen-bond acceptors (Lipinski definition) is 5. The van der Waals surface area contributed by atoms with Crippen LogP contribution in [-0.4, -0.2) is 28.3 Å². The molecule has 1 aliphatic rings. The first-order chi connectivity index (χ1) is 10.7. The number of piperidine rings is 1. The molecule has 1 atom stereocenters. The largest absolute Gasteiger partial charge is 0.365 e. The van der Waals surface area contributed by atoms with Crippen LogP contribution < -0.4 is 10.2 Å². The van der Waals surface area contributed by atoms with Gasteiger partial charge in [-0.3, -0.25) is 0 Å². The number of benzene rings is 1. The zero-order valence-electron chi connectivity index (χ0n) is 13.3. The van der Waals surface area contributed by atoms with Gasteiger partial charge in [0.25, 0.3) is 0 Å². The zero-order chi connectivity index (χ0) is 15.4. The summed E-state index contributed by atoms with van der Waals surface area (Å²) in [5.74, 6) is 2.21. The maximum Gasteiger partial charge on any atom is 0.247 e. The van der Waals surface area contributed by atoms with Crippen molar-refractivity contribution in [2.24, 2.45) is 5.92 Å². The van der Waals surface area contributed by atoms with E-state index >= 15 is 0 Å². The zero-order valence-corrected chi connectivity index (χ0v) is 13.3. The summed E-state index contributed by atoms with van der Waals surface area (Å²) in [5, 5.41) is 11.6. The molecule has 3 rings (SSSR count). The van der Waals surface area contributed by atoms with Crippen molar-refractivity contribution in [1.82, 2.24) is 15.2 Å². The molecule has 116 valence electrons. The van der Waals surface area contributed by atoms with E-state index in [1.165, 1.54) is 24.0 Å². The highest BCUT2D eigenvalue weighted by atomic mass is 15.3. The fourth-order valence-electron chi connectivity index (χ4n) is 2.90. The lowest BCUT2D eigenvalue weighted by Crippen LogP contribution is -2.35.